The second kappa shape index (κ2) is 9.96. The molecule has 0 unspecified atom stereocenters. The Kier molecular flexibility index (Phi) is 7.08. The van der Waals surface area contributed by atoms with Crippen molar-refractivity contribution in [3.05, 3.63) is 57.8 Å². The summed E-state index contributed by atoms with van der Waals surface area (Å²) in [6.07, 6.45) is 4.33. The van der Waals surface area contributed by atoms with Crippen LogP contribution in [0.5, 0.6) is 0 Å². The van der Waals surface area contributed by atoms with Gasteiger partial charge in [-0.3, -0.25) is 9.59 Å². The number of nitrogens with one attached hydrogen (secondary N) is 1. The predicted molar refractivity (Wildman–Crippen MR) is 125 cm³/mol. The van der Waals surface area contributed by atoms with E-state index in [4.69, 9.17) is 0 Å². The fourth-order valence-electron chi connectivity index (χ4n) is 5.17. The highest BCUT2D eigenvalue weighted by Crippen LogP contribution is 2.47. The molecule has 0 bridgehead atoms. The molecule has 2 atom stereocenters. The summed E-state index contributed by atoms with van der Waals surface area (Å²) in [5.74, 6) is -0.286. The van der Waals surface area contributed by atoms with Crippen LogP contribution in [-0.4, -0.2) is 53.8 Å². The lowest BCUT2D eigenvalue weighted by Crippen LogP contribution is -2.51. The molecule has 6 heteroatoms. The Bertz CT molecular complexity index is 888. The zero-order valence-corrected chi connectivity index (χ0v) is 19.4. The smallest absolute Gasteiger partial charge is 0.254 e. The van der Waals surface area contributed by atoms with Crippen molar-refractivity contribution in [3.63, 3.8) is 0 Å². The standard InChI is InChI=1S/C25H33N3O2S/c1-3-27(4-2)16-15-26-24(29)22-19-12-7-8-13-20(19)25(30)28(18-10-5-6-11-18)23(22)21-14-9-17-31-21/h7-9,12-14,17-18,22-23H,3-6,10-11,15-16H2,1-2H3,(H,26,29)/t22-,23+/m0/s1. The van der Waals surface area contributed by atoms with E-state index in [1.165, 1.54) is 0 Å². The Hall–Kier alpha value is -2.18. The van der Waals surface area contributed by atoms with Crippen LogP contribution >= 0.6 is 11.3 Å². The van der Waals surface area contributed by atoms with Crippen LogP contribution in [0.3, 0.4) is 0 Å². The maximum Gasteiger partial charge on any atom is 0.254 e. The number of fused-ring (bicyclic) bond motifs is 1. The lowest BCUT2D eigenvalue weighted by Gasteiger charge is -2.44. The van der Waals surface area contributed by atoms with Crippen molar-refractivity contribution in [1.29, 1.82) is 0 Å². The van der Waals surface area contributed by atoms with Crippen LogP contribution in [-0.2, 0) is 4.79 Å². The van der Waals surface area contributed by atoms with Gasteiger partial charge in [-0.1, -0.05) is 51.0 Å². The third-order valence-corrected chi connectivity index (χ3v) is 7.78. The molecule has 1 saturated carbocycles. The first-order chi connectivity index (χ1) is 15.2. The Balaban J connectivity index is 1.69. The molecule has 2 heterocycles. The van der Waals surface area contributed by atoms with E-state index in [0.29, 0.717) is 12.1 Å². The molecule has 4 rings (SSSR count). The minimum absolute atomic E-state index is 0.0218. The quantitative estimate of drug-likeness (QED) is 0.662. The van der Waals surface area contributed by atoms with Crippen LogP contribution in [0.15, 0.2) is 41.8 Å². The van der Waals surface area contributed by atoms with Crippen molar-refractivity contribution >= 4 is 23.2 Å². The SMILES string of the molecule is CCN(CC)CCNC(=O)[C@H]1c2ccccc2C(=O)N(C2CCCC2)[C@@H]1c1cccs1. The van der Waals surface area contributed by atoms with E-state index < -0.39 is 0 Å². The number of thiophene rings is 1. The number of hydrogen-bond donors (Lipinski definition) is 1. The molecular formula is C25H33N3O2S. The van der Waals surface area contributed by atoms with E-state index in [-0.39, 0.29) is 29.8 Å². The number of rotatable bonds is 8. The highest BCUT2D eigenvalue weighted by Gasteiger charge is 2.47. The van der Waals surface area contributed by atoms with Gasteiger partial charge in [0.1, 0.15) is 0 Å². The van der Waals surface area contributed by atoms with Gasteiger partial charge in [0.15, 0.2) is 0 Å². The Morgan fingerprint density at radius 3 is 2.55 bits per heavy atom. The number of hydrogen-bond acceptors (Lipinski definition) is 4. The summed E-state index contributed by atoms with van der Waals surface area (Å²) in [6.45, 7) is 7.68. The zero-order chi connectivity index (χ0) is 21.8. The third kappa shape index (κ3) is 4.41. The Morgan fingerprint density at radius 1 is 1.13 bits per heavy atom. The molecule has 1 N–H and O–H groups in total. The molecule has 0 radical (unpaired) electrons. The first kappa shape index (κ1) is 22.0. The lowest BCUT2D eigenvalue weighted by atomic mass is 9.80. The normalized spacial score (nSPS) is 21.5. The number of carbonyl (C=O) groups is 2. The number of nitrogens with zero attached hydrogens (tertiary/aromatic N) is 2. The third-order valence-electron chi connectivity index (χ3n) is 6.83. The highest BCUT2D eigenvalue weighted by atomic mass is 32.1. The number of amides is 2. The van der Waals surface area contributed by atoms with Crippen molar-refractivity contribution in [2.75, 3.05) is 26.2 Å². The van der Waals surface area contributed by atoms with E-state index in [9.17, 15) is 9.59 Å². The van der Waals surface area contributed by atoms with E-state index in [2.05, 4.69) is 35.0 Å². The molecule has 1 fully saturated rings. The Morgan fingerprint density at radius 2 is 1.87 bits per heavy atom. The van der Waals surface area contributed by atoms with Crippen molar-refractivity contribution in [2.24, 2.45) is 0 Å². The summed E-state index contributed by atoms with van der Waals surface area (Å²) in [5, 5.41) is 5.24. The van der Waals surface area contributed by atoms with Crippen LogP contribution in [0.2, 0.25) is 0 Å². The lowest BCUT2D eigenvalue weighted by molar-refractivity contribution is -0.124. The summed E-state index contributed by atoms with van der Waals surface area (Å²) in [4.78, 5) is 32.7. The van der Waals surface area contributed by atoms with Gasteiger partial charge in [0.2, 0.25) is 5.91 Å². The molecule has 5 nitrogen and oxygen atoms in total. The summed E-state index contributed by atoms with van der Waals surface area (Å²) >= 11 is 1.64. The van der Waals surface area contributed by atoms with Crippen LogP contribution in [0.1, 0.15) is 72.3 Å². The molecule has 1 aromatic carbocycles. The highest BCUT2D eigenvalue weighted by molar-refractivity contribution is 7.10. The molecule has 166 valence electrons. The van der Waals surface area contributed by atoms with Crippen molar-refractivity contribution in [3.8, 4) is 0 Å². The predicted octanol–water partition coefficient (Wildman–Crippen LogP) is 4.43. The molecular weight excluding hydrogens is 406 g/mol. The number of carbonyl (C=O) groups excluding carboxylic acids is 2. The molecule has 2 aliphatic rings. The summed E-state index contributed by atoms with van der Waals surface area (Å²) < 4.78 is 0. The molecule has 31 heavy (non-hydrogen) atoms. The molecule has 1 aromatic heterocycles. The van der Waals surface area contributed by atoms with Gasteiger partial charge in [-0.25, -0.2) is 0 Å². The Labute approximate surface area is 189 Å². The molecule has 1 aliphatic heterocycles. The molecule has 0 saturated heterocycles. The minimum Gasteiger partial charge on any atom is -0.354 e. The van der Waals surface area contributed by atoms with Gasteiger partial charge in [-0.05, 0) is 49.0 Å². The van der Waals surface area contributed by atoms with Crippen molar-refractivity contribution in [1.82, 2.24) is 15.1 Å². The first-order valence-electron chi connectivity index (χ1n) is 11.6. The van der Waals surface area contributed by atoms with Crippen LogP contribution in [0, 0.1) is 0 Å². The molecule has 1 aliphatic carbocycles. The fraction of sp³-hybridized carbons (Fsp3) is 0.520. The first-order valence-corrected chi connectivity index (χ1v) is 12.5. The topological polar surface area (TPSA) is 52.7 Å². The molecule has 2 amide bonds. The van der Waals surface area contributed by atoms with E-state index in [1.807, 2.05) is 35.7 Å². The van der Waals surface area contributed by atoms with Crippen molar-refractivity contribution in [2.45, 2.75) is 57.5 Å². The maximum absolute atomic E-state index is 13.7. The number of likely N-dealkylation sites (N-methyl/N-ethyl adjacent to an activating group) is 1. The monoisotopic (exact) mass is 439 g/mol. The van der Waals surface area contributed by atoms with Crippen LogP contribution in [0.25, 0.3) is 0 Å². The van der Waals surface area contributed by atoms with Crippen LogP contribution in [0.4, 0.5) is 0 Å². The fourth-order valence-corrected chi connectivity index (χ4v) is 6.03. The second-order valence-corrected chi connectivity index (χ2v) is 9.47. The van der Waals surface area contributed by atoms with Gasteiger partial charge in [-0.15, -0.1) is 11.3 Å². The van der Waals surface area contributed by atoms with E-state index >= 15 is 0 Å². The average Bonchev–Trinajstić information content (AvgIpc) is 3.51. The largest absolute Gasteiger partial charge is 0.354 e. The maximum atomic E-state index is 13.7. The summed E-state index contributed by atoms with van der Waals surface area (Å²) in [7, 11) is 0. The summed E-state index contributed by atoms with van der Waals surface area (Å²) in [5.41, 5.74) is 1.55. The molecule has 2 aromatic rings. The van der Waals surface area contributed by atoms with Crippen LogP contribution < -0.4 is 5.32 Å². The van der Waals surface area contributed by atoms with Gasteiger partial charge in [0, 0.05) is 29.6 Å². The molecule has 0 spiro atoms. The van der Waals surface area contributed by atoms with Gasteiger partial charge >= 0.3 is 0 Å². The summed E-state index contributed by atoms with van der Waals surface area (Å²) in [6, 6.07) is 11.8. The zero-order valence-electron chi connectivity index (χ0n) is 18.5. The van der Waals surface area contributed by atoms with Crippen molar-refractivity contribution < 1.29 is 9.59 Å². The number of benzene rings is 1. The van der Waals surface area contributed by atoms with Gasteiger partial charge < -0.3 is 15.1 Å². The van der Waals surface area contributed by atoms with Gasteiger partial charge in [0.05, 0.1) is 12.0 Å². The second-order valence-electron chi connectivity index (χ2n) is 8.49. The van der Waals surface area contributed by atoms with E-state index in [1.54, 1.807) is 11.3 Å². The average molecular weight is 440 g/mol. The van der Waals surface area contributed by atoms with Gasteiger partial charge in [-0.2, -0.15) is 0 Å². The van der Waals surface area contributed by atoms with E-state index in [0.717, 1.165) is 55.8 Å². The van der Waals surface area contributed by atoms with Gasteiger partial charge in [0.25, 0.3) is 5.91 Å². The minimum atomic E-state index is -0.384.